The Labute approximate surface area is 279 Å². The molecule has 0 unspecified atom stereocenters. The van der Waals surface area contributed by atoms with Gasteiger partial charge >= 0.3 is 0 Å². The van der Waals surface area contributed by atoms with Crippen LogP contribution in [0, 0.1) is 11.8 Å². The summed E-state index contributed by atoms with van der Waals surface area (Å²) in [6, 6.07) is 0. The lowest BCUT2D eigenvalue weighted by Gasteiger charge is -2.16. The first-order valence-corrected chi connectivity index (χ1v) is 16.7. The highest BCUT2D eigenvalue weighted by Gasteiger charge is 2.21. The first-order valence-electron chi connectivity index (χ1n) is 16.7. The van der Waals surface area contributed by atoms with E-state index >= 15 is 0 Å². The number of rotatable bonds is 33. The molecule has 0 aliphatic rings. The third-order valence-corrected chi connectivity index (χ3v) is 6.98. The Bertz CT molecular complexity index is 906. The van der Waals surface area contributed by atoms with Crippen LogP contribution < -0.4 is 27.4 Å². The Balaban J connectivity index is 3.92. The van der Waals surface area contributed by atoms with Crippen LogP contribution in [0.5, 0.6) is 0 Å². The van der Waals surface area contributed by atoms with Crippen LogP contribution in [0.15, 0.2) is 0 Å². The number of unbranched alkanes of at least 4 members (excludes halogenated alkanes) is 2. The van der Waals surface area contributed by atoms with Crippen molar-refractivity contribution in [3.8, 4) is 0 Å². The van der Waals surface area contributed by atoms with Gasteiger partial charge in [-0.3, -0.25) is 28.8 Å². The molecule has 0 aromatic rings. The predicted molar refractivity (Wildman–Crippen MR) is 175 cm³/mol. The Hall–Kier alpha value is -2.98. The van der Waals surface area contributed by atoms with Crippen molar-refractivity contribution in [2.45, 2.75) is 78.1 Å². The normalized spacial score (nSPS) is 12.2. The molecule has 0 aromatic carbocycles. The molecule has 4 amide bonds. The zero-order chi connectivity index (χ0) is 35.1. The molecule has 0 aromatic heterocycles. The van der Waals surface area contributed by atoms with E-state index in [-0.39, 0.29) is 93.4 Å². The summed E-state index contributed by atoms with van der Waals surface area (Å²) in [5.74, 6) is -1.69. The minimum atomic E-state index is -0.431. The first kappa shape index (κ1) is 44.0. The predicted octanol–water partition coefficient (Wildman–Crippen LogP) is 0.157. The molecule has 15 heteroatoms. The van der Waals surface area contributed by atoms with E-state index in [0.717, 1.165) is 25.7 Å². The zero-order valence-corrected chi connectivity index (χ0v) is 28.4. The van der Waals surface area contributed by atoms with Crippen molar-refractivity contribution < 1.29 is 47.7 Å². The zero-order valence-electron chi connectivity index (χ0n) is 28.4. The van der Waals surface area contributed by atoms with Gasteiger partial charge < -0.3 is 46.4 Å². The van der Waals surface area contributed by atoms with E-state index < -0.39 is 5.92 Å². The van der Waals surface area contributed by atoms with Crippen LogP contribution in [0.3, 0.4) is 0 Å². The molecule has 47 heavy (non-hydrogen) atoms. The van der Waals surface area contributed by atoms with Crippen LogP contribution in [0.2, 0.25) is 0 Å². The second-order valence-corrected chi connectivity index (χ2v) is 11.4. The number of Topliss-reactive ketones (excluding diaryl/α,β-unsaturated/α-hetero) is 2. The van der Waals surface area contributed by atoms with E-state index in [1.165, 1.54) is 6.92 Å². The third-order valence-electron chi connectivity index (χ3n) is 6.98. The number of ketones is 2. The van der Waals surface area contributed by atoms with Gasteiger partial charge in [0.25, 0.3) is 0 Å². The lowest BCUT2D eigenvalue weighted by Crippen LogP contribution is -2.33. The van der Waals surface area contributed by atoms with Crippen molar-refractivity contribution in [3.63, 3.8) is 0 Å². The fourth-order valence-electron chi connectivity index (χ4n) is 4.24. The van der Waals surface area contributed by atoms with E-state index in [2.05, 4.69) is 16.0 Å². The Morgan fingerprint density at radius 1 is 0.638 bits per heavy atom. The third kappa shape index (κ3) is 28.9. The number of primary amides is 1. The highest BCUT2D eigenvalue weighted by molar-refractivity contribution is 5.87. The largest absolute Gasteiger partial charge is 0.377 e. The Morgan fingerprint density at radius 3 is 1.85 bits per heavy atom. The number of hydrogen-bond donors (Lipinski definition) is 5. The van der Waals surface area contributed by atoms with Crippen LogP contribution in [-0.4, -0.2) is 114 Å². The van der Waals surface area contributed by atoms with Crippen molar-refractivity contribution in [1.29, 1.82) is 0 Å². The van der Waals surface area contributed by atoms with Gasteiger partial charge in [0.15, 0.2) is 5.78 Å². The Kier molecular flexibility index (Phi) is 28.4. The monoisotopic (exact) mass is 673 g/mol. The fraction of sp³-hybridized carbons (Fsp3) is 0.812. The maximum Gasteiger partial charge on any atom is 0.246 e. The fourth-order valence-corrected chi connectivity index (χ4v) is 4.24. The molecule has 0 fully saturated rings. The summed E-state index contributed by atoms with van der Waals surface area (Å²) >= 11 is 0. The summed E-state index contributed by atoms with van der Waals surface area (Å²) in [6.45, 7) is 6.51. The second-order valence-electron chi connectivity index (χ2n) is 11.4. The number of carbonyl (C=O) groups excluding carboxylic acids is 6. The quantitative estimate of drug-likeness (QED) is 0.0590. The van der Waals surface area contributed by atoms with Crippen molar-refractivity contribution in [1.82, 2.24) is 16.0 Å². The molecule has 0 spiro atoms. The van der Waals surface area contributed by atoms with Crippen molar-refractivity contribution in [2.75, 3.05) is 79.0 Å². The second kappa shape index (κ2) is 30.4. The molecule has 0 rings (SSSR count). The Morgan fingerprint density at radius 2 is 1.23 bits per heavy atom. The average Bonchev–Trinajstić information content (AvgIpc) is 3.02. The van der Waals surface area contributed by atoms with Gasteiger partial charge in [-0.15, -0.1) is 0 Å². The van der Waals surface area contributed by atoms with Crippen LogP contribution >= 0.6 is 0 Å². The summed E-state index contributed by atoms with van der Waals surface area (Å²) in [5, 5.41) is 8.30. The van der Waals surface area contributed by atoms with E-state index in [0.29, 0.717) is 65.3 Å². The maximum atomic E-state index is 12.7. The van der Waals surface area contributed by atoms with Crippen LogP contribution in [0.25, 0.3) is 0 Å². The highest BCUT2D eigenvalue weighted by atomic mass is 16.5. The standard InChI is InChI=1S/C32H59N5O10/c1-25(31(34)42)8-4-6-13-37-32(43)27(9-3-5-12-33)22-28(39)10-7-11-29(40)35-14-16-44-19-21-47-24-30(41)36-15-17-45-18-20-46-23-26(2)38/h25,27H,3-24,33H2,1-2H3,(H2,34,42)(H,35,40)(H,36,41)(H,37,43)/t25-,27+/m0/s1. The summed E-state index contributed by atoms with van der Waals surface area (Å²) < 4.78 is 21.0. The van der Waals surface area contributed by atoms with Gasteiger partial charge in [0.2, 0.25) is 23.6 Å². The van der Waals surface area contributed by atoms with Gasteiger partial charge in [0.05, 0.1) is 39.6 Å². The molecule has 15 nitrogen and oxygen atoms in total. The molecular formula is C32H59N5O10. The highest BCUT2D eigenvalue weighted by Crippen LogP contribution is 2.16. The van der Waals surface area contributed by atoms with Gasteiger partial charge in [0, 0.05) is 50.7 Å². The first-order chi connectivity index (χ1) is 22.6. The number of nitrogens with one attached hydrogen (secondary N) is 3. The summed E-state index contributed by atoms with van der Waals surface area (Å²) in [7, 11) is 0. The van der Waals surface area contributed by atoms with Crippen LogP contribution in [0.4, 0.5) is 0 Å². The minimum absolute atomic E-state index is 0.0499. The maximum absolute atomic E-state index is 12.7. The molecule has 0 aliphatic carbocycles. The molecule has 0 bridgehead atoms. The van der Waals surface area contributed by atoms with E-state index in [1.807, 2.05) is 0 Å². The smallest absolute Gasteiger partial charge is 0.246 e. The van der Waals surface area contributed by atoms with Crippen LogP contribution in [-0.2, 0) is 47.7 Å². The summed E-state index contributed by atoms with van der Waals surface area (Å²) in [4.78, 5) is 71.0. The molecule has 0 radical (unpaired) electrons. The van der Waals surface area contributed by atoms with Crippen LogP contribution in [0.1, 0.15) is 78.1 Å². The number of nitrogens with two attached hydrogens (primary N) is 2. The van der Waals surface area contributed by atoms with E-state index in [4.69, 9.17) is 30.4 Å². The lowest BCUT2D eigenvalue weighted by atomic mass is 9.93. The van der Waals surface area contributed by atoms with Crippen molar-refractivity contribution in [2.24, 2.45) is 23.3 Å². The SMILES string of the molecule is CC(=O)COCCOCCNC(=O)COCCOCCNC(=O)CCCC(=O)C[C@@H](CCCCN)C(=O)NCCCC[C@H](C)C(N)=O. The van der Waals surface area contributed by atoms with Gasteiger partial charge in [0.1, 0.15) is 19.0 Å². The van der Waals surface area contributed by atoms with Crippen molar-refractivity contribution >= 4 is 35.2 Å². The van der Waals surface area contributed by atoms with Gasteiger partial charge in [-0.05, 0) is 45.6 Å². The van der Waals surface area contributed by atoms with E-state index in [9.17, 15) is 28.8 Å². The molecular weight excluding hydrogens is 614 g/mol. The van der Waals surface area contributed by atoms with Gasteiger partial charge in [-0.2, -0.15) is 0 Å². The topological polar surface area (TPSA) is 227 Å². The number of hydrogen-bond acceptors (Lipinski definition) is 11. The summed E-state index contributed by atoms with van der Waals surface area (Å²) in [6.07, 6.45) is 5.18. The molecule has 2 atom stereocenters. The van der Waals surface area contributed by atoms with E-state index in [1.54, 1.807) is 6.92 Å². The average molecular weight is 674 g/mol. The number of ether oxygens (including phenoxy) is 4. The van der Waals surface area contributed by atoms with Gasteiger partial charge in [-0.25, -0.2) is 0 Å². The molecule has 7 N–H and O–H groups in total. The summed E-state index contributed by atoms with van der Waals surface area (Å²) in [5.41, 5.74) is 10.9. The number of carbonyl (C=O) groups is 6. The minimum Gasteiger partial charge on any atom is -0.377 e. The van der Waals surface area contributed by atoms with Gasteiger partial charge in [-0.1, -0.05) is 19.8 Å². The molecule has 272 valence electrons. The number of amides is 4. The molecule has 0 aliphatic heterocycles. The molecule has 0 heterocycles. The molecule has 0 saturated heterocycles. The molecule has 0 saturated carbocycles. The lowest BCUT2D eigenvalue weighted by molar-refractivity contribution is -0.130. The van der Waals surface area contributed by atoms with Crippen molar-refractivity contribution in [3.05, 3.63) is 0 Å².